The van der Waals surface area contributed by atoms with E-state index in [1.165, 1.54) is 0 Å². The molecule has 2 unspecified atom stereocenters. The molecule has 19 heavy (non-hydrogen) atoms. The number of anilines is 1. The van der Waals surface area contributed by atoms with Crippen LogP contribution in [0.4, 0.5) is 5.82 Å². The van der Waals surface area contributed by atoms with Gasteiger partial charge >= 0.3 is 0 Å². The first-order chi connectivity index (χ1) is 9.11. The number of hydrogen-bond donors (Lipinski definition) is 2. The van der Waals surface area contributed by atoms with E-state index >= 15 is 0 Å². The van der Waals surface area contributed by atoms with Gasteiger partial charge in [0.1, 0.15) is 5.82 Å². The highest BCUT2D eigenvalue weighted by molar-refractivity contribution is 5.94. The molecule has 0 aromatic carbocycles. The van der Waals surface area contributed by atoms with E-state index in [4.69, 9.17) is 5.73 Å². The van der Waals surface area contributed by atoms with Gasteiger partial charge in [-0.05, 0) is 37.4 Å². The zero-order valence-corrected chi connectivity index (χ0v) is 11.6. The van der Waals surface area contributed by atoms with E-state index in [9.17, 15) is 4.79 Å². The van der Waals surface area contributed by atoms with E-state index in [0.717, 1.165) is 25.1 Å². The molecule has 1 aliphatic carbocycles. The minimum atomic E-state index is -0.0526. The SMILES string of the molecule is CN(C)c1ccc(C(=O)NC2CCCC2CN)cn1. The Hall–Kier alpha value is -1.62. The number of hydrogen-bond acceptors (Lipinski definition) is 4. The van der Waals surface area contributed by atoms with E-state index in [1.54, 1.807) is 6.20 Å². The first-order valence-corrected chi connectivity index (χ1v) is 6.76. The van der Waals surface area contributed by atoms with Crippen molar-refractivity contribution < 1.29 is 4.79 Å². The number of carbonyl (C=O) groups excluding carboxylic acids is 1. The van der Waals surface area contributed by atoms with Crippen LogP contribution < -0.4 is 16.0 Å². The zero-order chi connectivity index (χ0) is 13.8. The molecule has 1 aromatic rings. The van der Waals surface area contributed by atoms with Gasteiger partial charge in [-0.3, -0.25) is 4.79 Å². The second-order valence-corrected chi connectivity index (χ2v) is 5.31. The van der Waals surface area contributed by atoms with Crippen LogP contribution in [0, 0.1) is 5.92 Å². The van der Waals surface area contributed by atoms with Crippen molar-refractivity contribution >= 4 is 11.7 Å². The molecule has 1 aromatic heterocycles. The number of carbonyl (C=O) groups is 1. The van der Waals surface area contributed by atoms with Crippen molar-refractivity contribution in [1.29, 1.82) is 0 Å². The number of amides is 1. The number of pyridine rings is 1. The molecule has 1 saturated carbocycles. The average Bonchev–Trinajstić information content (AvgIpc) is 2.86. The van der Waals surface area contributed by atoms with Gasteiger partial charge in [0.2, 0.25) is 0 Å². The third-order valence-electron chi connectivity index (χ3n) is 3.75. The minimum absolute atomic E-state index is 0.0526. The Morgan fingerprint density at radius 3 is 2.84 bits per heavy atom. The molecule has 1 fully saturated rings. The fourth-order valence-corrected chi connectivity index (χ4v) is 2.55. The summed E-state index contributed by atoms with van der Waals surface area (Å²) in [5.41, 5.74) is 6.33. The average molecular weight is 262 g/mol. The fourth-order valence-electron chi connectivity index (χ4n) is 2.55. The highest BCUT2D eigenvalue weighted by atomic mass is 16.1. The monoisotopic (exact) mass is 262 g/mol. The molecule has 0 aliphatic heterocycles. The first kappa shape index (κ1) is 13.8. The molecule has 0 saturated heterocycles. The molecule has 2 rings (SSSR count). The summed E-state index contributed by atoms with van der Waals surface area (Å²) in [6.07, 6.45) is 4.90. The molecule has 0 radical (unpaired) electrons. The first-order valence-electron chi connectivity index (χ1n) is 6.76. The Kier molecular flexibility index (Phi) is 4.37. The van der Waals surface area contributed by atoms with Crippen LogP contribution in [0.25, 0.3) is 0 Å². The Morgan fingerprint density at radius 2 is 2.26 bits per heavy atom. The van der Waals surface area contributed by atoms with Crippen LogP contribution >= 0.6 is 0 Å². The predicted molar refractivity (Wildman–Crippen MR) is 76.2 cm³/mol. The minimum Gasteiger partial charge on any atom is -0.363 e. The number of aromatic nitrogens is 1. The van der Waals surface area contributed by atoms with Crippen molar-refractivity contribution in [3.63, 3.8) is 0 Å². The van der Waals surface area contributed by atoms with Crippen LogP contribution in [0.15, 0.2) is 18.3 Å². The highest BCUT2D eigenvalue weighted by Crippen LogP contribution is 2.24. The van der Waals surface area contributed by atoms with Crippen molar-refractivity contribution in [2.75, 3.05) is 25.5 Å². The summed E-state index contributed by atoms with van der Waals surface area (Å²) in [5.74, 6) is 1.21. The van der Waals surface area contributed by atoms with Gasteiger partial charge in [-0.1, -0.05) is 6.42 Å². The highest BCUT2D eigenvalue weighted by Gasteiger charge is 2.27. The van der Waals surface area contributed by atoms with Gasteiger partial charge in [0.05, 0.1) is 5.56 Å². The number of nitrogens with two attached hydrogens (primary N) is 1. The Labute approximate surface area is 114 Å². The van der Waals surface area contributed by atoms with Gasteiger partial charge in [0.25, 0.3) is 5.91 Å². The van der Waals surface area contributed by atoms with E-state index < -0.39 is 0 Å². The van der Waals surface area contributed by atoms with E-state index in [-0.39, 0.29) is 11.9 Å². The summed E-state index contributed by atoms with van der Waals surface area (Å²) in [7, 11) is 3.85. The lowest BCUT2D eigenvalue weighted by atomic mass is 10.0. The van der Waals surface area contributed by atoms with Gasteiger partial charge in [0.15, 0.2) is 0 Å². The summed E-state index contributed by atoms with van der Waals surface area (Å²) >= 11 is 0. The number of nitrogens with one attached hydrogen (secondary N) is 1. The molecule has 5 heteroatoms. The molecule has 0 bridgehead atoms. The van der Waals surface area contributed by atoms with E-state index in [2.05, 4.69) is 10.3 Å². The van der Waals surface area contributed by atoms with Gasteiger partial charge < -0.3 is 16.0 Å². The van der Waals surface area contributed by atoms with Crippen LogP contribution in [0.5, 0.6) is 0 Å². The molecular formula is C14H22N4O. The van der Waals surface area contributed by atoms with Crippen molar-refractivity contribution in [1.82, 2.24) is 10.3 Å². The lowest BCUT2D eigenvalue weighted by molar-refractivity contribution is 0.0928. The van der Waals surface area contributed by atoms with Crippen LogP contribution in [-0.2, 0) is 0 Å². The molecule has 104 valence electrons. The molecule has 0 spiro atoms. The van der Waals surface area contributed by atoms with Crippen molar-refractivity contribution in [2.45, 2.75) is 25.3 Å². The largest absolute Gasteiger partial charge is 0.363 e. The Bertz CT molecular complexity index is 430. The normalized spacial score (nSPS) is 22.3. The zero-order valence-electron chi connectivity index (χ0n) is 11.6. The topological polar surface area (TPSA) is 71.2 Å². The standard InChI is InChI=1S/C14H22N4O/c1-18(2)13-7-6-11(9-16-13)14(19)17-12-5-3-4-10(12)8-15/h6-7,9-10,12H,3-5,8,15H2,1-2H3,(H,17,19). The molecular weight excluding hydrogens is 240 g/mol. The predicted octanol–water partition coefficient (Wildman–Crippen LogP) is 1.00. The molecule has 1 aliphatic rings. The Morgan fingerprint density at radius 1 is 1.47 bits per heavy atom. The second kappa shape index (κ2) is 6.02. The van der Waals surface area contributed by atoms with Gasteiger partial charge in [0, 0.05) is 26.3 Å². The van der Waals surface area contributed by atoms with Gasteiger partial charge in [-0.2, -0.15) is 0 Å². The van der Waals surface area contributed by atoms with Gasteiger partial charge in [-0.15, -0.1) is 0 Å². The fraction of sp³-hybridized carbons (Fsp3) is 0.571. The summed E-state index contributed by atoms with van der Waals surface area (Å²) in [6, 6.07) is 3.87. The van der Waals surface area contributed by atoms with E-state index in [1.807, 2.05) is 31.1 Å². The van der Waals surface area contributed by atoms with Crippen LogP contribution in [0.3, 0.4) is 0 Å². The summed E-state index contributed by atoms with van der Waals surface area (Å²) in [6.45, 7) is 0.642. The summed E-state index contributed by atoms with van der Waals surface area (Å²) < 4.78 is 0. The molecule has 1 heterocycles. The number of rotatable bonds is 4. The lowest BCUT2D eigenvalue weighted by Crippen LogP contribution is -2.39. The van der Waals surface area contributed by atoms with Gasteiger partial charge in [-0.25, -0.2) is 4.98 Å². The Balaban J connectivity index is 1.99. The van der Waals surface area contributed by atoms with Crippen LogP contribution in [-0.4, -0.2) is 37.6 Å². The third-order valence-corrected chi connectivity index (χ3v) is 3.75. The maximum Gasteiger partial charge on any atom is 0.253 e. The van der Waals surface area contributed by atoms with Crippen molar-refractivity contribution in [2.24, 2.45) is 11.7 Å². The summed E-state index contributed by atoms with van der Waals surface area (Å²) in [5, 5.41) is 3.07. The van der Waals surface area contributed by atoms with Crippen LogP contribution in [0.1, 0.15) is 29.6 Å². The summed E-state index contributed by atoms with van der Waals surface area (Å²) in [4.78, 5) is 18.3. The molecule has 3 N–H and O–H groups in total. The smallest absolute Gasteiger partial charge is 0.253 e. The number of nitrogens with zero attached hydrogens (tertiary/aromatic N) is 2. The van der Waals surface area contributed by atoms with E-state index in [0.29, 0.717) is 18.0 Å². The second-order valence-electron chi connectivity index (χ2n) is 5.31. The maximum atomic E-state index is 12.1. The van der Waals surface area contributed by atoms with Crippen molar-refractivity contribution in [3.8, 4) is 0 Å². The molecule has 1 amide bonds. The van der Waals surface area contributed by atoms with Crippen LogP contribution in [0.2, 0.25) is 0 Å². The molecule has 2 atom stereocenters. The maximum absolute atomic E-state index is 12.1. The quantitative estimate of drug-likeness (QED) is 0.849. The third kappa shape index (κ3) is 3.23. The molecule has 5 nitrogen and oxygen atoms in total. The van der Waals surface area contributed by atoms with Crippen molar-refractivity contribution in [3.05, 3.63) is 23.9 Å². The lowest BCUT2D eigenvalue weighted by Gasteiger charge is -2.19.